The van der Waals surface area contributed by atoms with E-state index in [9.17, 15) is 4.79 Å². The van der Waals surface area contributed by atoms with Gasteiger partial charge in [0.15, 0.2) is 0 Å². The molecular weight excluding hydrogens is 327 g/mol. The number of hydrogen-bond donors (Lipinski definition) is 0. The molecule has 0 radical (unpaired) electrons. The van der Waals surface area contributed by atoms with Crippen LogP contribution in [0, 0.1) is 3.57 Å². The SMILES string of the molecule is O=c1c(I)cncn1CCCc1ccccc1. The summed E-state index contributed by atoms with van der Waals surface area (Å²) in [5, 5.41) is 0. The lowest BCUT2D eigenvalue weighted by Crippen LogP contribution is -2.22. The van der Waals surface area contributed by atoms with Gasteiger partial charge in [0.2, 0.25) is 0 Å². The second-order valence-corrected chi connectivity index (χ2v) is 4.99. The van der Waals surface area contributed by atoms with Crippen molar-refractivity contribution in [1.82, 2.24) is 9.55 Å². The molecule has 0 atom stereocenters. The highest BCUT2D eigenvalue weighted by Gasteiger charge is 2.00. The van der Waals surface area contributed by atoms with E-state index in [0.717, 1.165) is 19.4 Å². The summed E-state index contributed by atoms with van der Waals surface area (Å²) in [7, 11) is 0. The standard InChI is InChI=1S/C13H13IN2O/c14-12-9-15-10-16(13(12)17)8-4-7-11-5-2-1-3-6-11/h1-3,5-6,9-10H,4,7-8H2. The minimum Gasteiger partial charge on any atom is -0.298 e. The van der Waals surface area contributed by atoms with E-state index in [4.69, 9.17) is 0 Å². The van der Waals surface area contributed by atoms with Crippen molar-refractivity contribution < 1.29 is 0 Å². The molecule has 17 heavy (non-hydrogen) atoms. The van der Waals surface area contributed by atoms with Crippen LogP contribution < -0.4 is 5.56 Å². The Kier molecular flexibility index (Phi) is 4.30. The van der Waals surface area contributed by atoms with E-state index in [0.29, 0.717) is 3.57 Å². The maximum atomic E-state index is 11.7. The summed E-state index contributed by atoms with van der Waals surface area (Å²) in [6.45, 7) is 0.720. The Hall–Kier alpha value is -1.17. The Morgan fingerprint density at radius 2 is 2.00 bits per heavy atom. The molecule has 0 amide bonds. The van der Waals surface area contributed by atoms with Crippen LogP contribution in [-0.4, -0.2) is 9.55 Å². The van der Waals surface area contributed by atoms with Crippen molar-refractivity contribution in [3.8, 4) is 0 Å². The van der Waals surface area contributed by atoms with Gasteiger partial charge in [0.1, 0.15) is 0 Å². The molecule has 4 heteroatoms. The van der Waals surface area contributed by atoms with Gasteiger partial charge in [-0.3, -0.25) is 9.36 Å². The van der Waals surface area contributed by atoms with E-state index in [-0.39, 0.29) is 5.56 Å². The molecule has 88 valence electrons. The third kappa shape index (κ3) is 3.39. The highest BCUT2D eigenvalue weighted by Crippen LogP contribution is 2.03. The van der Waals surface area contributed by atoms with Crippen LogP contribution in [-0.2, 0) is 13.0 Å². The second-order valence-electron chi connectivity index (χ2n) is 3.83. The van der Waals surface area contributed by atoms with Gasteiger partial charge in [0.05, 0.1) is 9.90 Å². The van der Waals surface area contributed by atoms with Crippen LogP contribution in [0.5, 0.6) is 0 Å². The summed E-state index contributed by atoms with van der Waals surface area (Å²) in [5.74, 6) is 0. The van der Waals surface area contributed by atoms with Gasteiger partial charge in [-0.05, 0) is 41.0 Å². The van der Waals surface area contributed by atoms with Crippen molar-refractivity contribution >= 4 is 22.6 Å². The molecule has 0 aliphatic rings. The van der Waals surface area contributed by atoms with Crippen molar-refractivity contribution in [1.29, 1.82) is 0 Å². The van der Waals surface area contributed by atoms with Gasteiger partial charge in [0, 0.05) is 12.7 Å². The van der Waals surface area contributed by atoms with E-state index in [1.54, 1.807) is 17.1 Å². The number of aryl methyl sites for hydroxylation is 2. The number of halogens is 1. The zero-order valence-electron chi connectivity index (χ0n) is 9.34. The Bertz CT molecular complexity index is 537. The zero-order valence-corrected chi connectivity index (χ0v) is 11.5. The van der Waals surface area contributed by atoms with Crippen molar-refractivity contribution in [2.45, 2.75) is 19.4 Å². The number of aromatic nitrogens is 2. The summed E-state index contributed by atoms with van der Waals surface area (Å²) in [5.41, 5.74) is 1.35. The van der Waals surface area contributed by atoms with Crippen LogP contribution >= 0.6 is 22.6 Å². The third-order valence-corrected chi connectivity index (χ3v) is 3.31. The van der Waals surface area contributed by atoms with Gasteiger partial charge in [-0.2, -0.15) is 0 Å². The number of benzene rings is 1. The maximum Gasteiger partial charge on any atom is 0.266 e. The average molecular weight is 340 g/mol. The third-order valence-electron chi connectivity index (χ3n) is 2.57. The van der Waals surface area contributed by atoms with Gasteiger partial charge in [-0.25, -0.2) is 4.98 Å². The smallest absolute Gasteiger partial charge is 0.266 e. The summed E-state index contributed by atoms with van der Waals surface area (Å²) in [6.07, 6.45) is 5.14. The topological polar surface area (TPSA) is 34.9 Å². The van der Waals surface area contributed by atoms with E-state index < -0.39 is 0 Å². The summed E-state index contributed by atoms with van der Waals surface area (Å²) in [4.78, 5) is 15.8. The molecule has 0 N–H and O–H groups in total. The van der Waals surface area contributed by atoms with Gasteiger partial charge < -0.3 is 0 Å². The summed E-state index contributed by atoms with van der Waals surface area (Å²) < 4.78 is 2.34. The fourth-order valence-electron chi connectivity index (χ4n) is 1.68. The van der Waals surface area contributed by atoms with Crippen LogP contribution in [0.25, 0.3) is 0 Å². The predicted octanol–water partition coefficient (Wildman–Crippen LogP) is 2.48. The average Bonchev–Trinajstić information content (AvgIpc) is 2.36. The molecule has 1 aromatic carbocycles. The van der Waals surface area contributed by atoms with Crippen molar-refractivity contribution in [3.05, 3.63) is 62.3 Å². The van der Waals surface area contributed by atoms with Crippen LogP contribution in [0.2, 0.25) is 0 Å². The van der Waals surface area contributed by atoms with Gasteiger partial charge in [-0.15, -0.1) is 0 Å². The molecule has 0 unspecified atom stereocenters. The first-order valence-corrected chi connectivity index (χ1v) is 6.59. The van der Waals surface area contributed by atoms with Crippen LogP contribution in [0.1, 0.15) is 12.0 Å². The Labute approximate surface area is 114 Å². The predicted molar refractivity (Wildman–Crippen MR) is 76.0 cm³/mol. The molecule has 0 saturated heterocycles. The lowest BCUT2D eigenvalue weighted by atomic mass is 10.1. The quantitative estimate of drug-likeness (QED) is 0.802. The number of nitrogens with zero attached hydrogens (tertiary/aromatic N) is 2. The second kappa shape index (κ2) is 5.95. The molecule has 0 spiro atoms. The van der Waals surface area contributed by atoms with Crippen LogP contribution in [0.3, 0.4) is 0 Å². The molecule has 1 heterocycles. The van der Waals surface area contributed by atoms with Crippen molar-refractivity contribution in [2.75, 3.05) is 0 Å². The lowest BCUT2D eigenvalue weighted by Gasteiger charge is -2.05. The zero-order chi connectivity index (χ0) is 12.1. The molecule has 0 aliphatic heterocycles. The molecule has 0 saturated carbocycles. The van der Waals surface area contributed by atoms with Crippen molar-refractivity contribution in [2.24, 2.45) is 0 Å². The molecule has 0 aliphatic carbocycles. The van der Waals surface area contributed by atoms with Crippen LogP contribution in [0.4, 0.5) is 0 Å². The number of hydrogen-bond acceptors (Lipinski definition) is 2. The Morgan fingerprint density at radius 3 is 2.76 bits per heavy atom. The molecule has 3 nitrogen and oxygen atoms in total. The van der Waals surface area contributed by atoms with E-state index in [1.165, 1.54) is 5.56 Å². The highest BCUT2D eigenvalue weighted by molar-refractivity contribution is 14.1. The van der Waals surface area contributed by atoms with E-state index in [1.807, 2.05) is 40.8 Å². The first-order valence-electron chi connectivity index (χ1n) is 5.51. The molecular formula is C13H13IN2O. The van der Waals surface area contributed by atoms with Gasteiger partial charge >= 0.3 is 0 Å². The molecule has 2 aromatic rings. The number of rotatable bonds is 4. The molecule has 0 bridgehead atoms. The van der Waals surface area contributed by atoms with Gasteiger partial charge in [0.25, 0.3) is 5.56 Å². The highest BCUT2D eigenvalue weighted by atomic mass is 127. The molecule has 0 fully saturated rings. The van der Waals surface area contributed by atoms with Crippen LogP contribution in [0.15, 0.2) is 47.7 Å². The minimum atomic E-state index is 0.0497. The largest absolute Gasteiger partial charge is 0.298 e. The Morgan fingerprint density at radius 1 is 1.24 bits per heavy atom. The van der Waals surface area contributed by atoms with E-state index >= 15 is 0 Å². The Balaban J connectivity index is 1.95. The van der Waals surface area contributed by atoms with Crippen molar-refractivity contribution in [3.63, 3.8) is 0 Å². The first kappa shape index (κ1) is 12.3. The fraction of sp³-hybridized carbons (Fsp3) is 0.231. The van der Waals surface area contributed by atoms with Gasteiger partial charge in [-0.1, -0.05) is 30.3 Å². The summed E-state index contributed by atoms with van der Waals surface area (Å²) >= 11 is 2.02. The molecule has 1 aromatic heterocycles. The monoisotopic (exact) mass is 340 g/mol. The summed E-state index contributed by atoms with van der Waals surface area (Å²) in [6, 6.07) is 10.3. The first-order chi connectivity index (χ1) is 8.27. The fourth-order valence-corrected chi connectivity index (χ4v) is 2.15. The normalized spacial score (nSPS) is 10.4. The lowest BCUT2D eigenvalue weighted by molar-refractivity contribution is 0.608. The van der Waals surface area contributed by atoms with E-state index in [2.05, 4.69) is 17.1 Å². The maximum absolute atomic E-state index is 11.7. The molecule has 2 rings (SSSR count). The minimum absolute atomic E-state index is 0.0497.